The molecule has 1 aliphatic heterocycles. The summed E-state index contributed by atoms with van der Waals surface area (Å²) in [4.78, 5) is 62.0. The Labute approximate surface area is 181 Å². The third-order valence-corrected chi connectivity index (χ3v) is 5.63. The SMILES string of the molecule is CCC(C)C(NC(=O)C(N)C(C)C)C(=O)NC(CC(=O)O)C(=O)N1CCCC1C(=O)O. The van der Waals surface area contributed by atoms with E-state index in [9.17, 15) is 34.2 Å². The minimum atomic E-state index is -1.45. The van der Waals surface area contributed by atoms with E-state index in [1.165, 1.54) is 0 Å². The molecule has 1 fully saturated rings. The molecule has 0 aromatic carbocycles. The summed E-state index contributed by atoms with van der Waals surface area (Å²) >= 11 is 0. The minimum absolute atomic E-state index is 0.162. The van der Waals surface area contributed by atoms with Crippen LogP contribution in [0.5, 0.6) is 0 Å². The second-order valence-electron chi connectivity index (χ2n) is 8.33. The maximum absolute atomic E-state index is 13.0. The van der Waals surface area contributed by atoms with Crippen LogP contribution in [-0.2, 0) is 24.0 Å². The van der Waals surface area contributed by atoms with Gasteiger partial charge in [0.15, 0.2) is 0 Å². The maximum atomic E-state index is 13.0. The fourth-order valence-electron chi connectivity index (χ4n) is 3.38. The molecule has 0 aliphatic carbocycles. The van der Waals surface area contributed by atoms with Crippen molar-refractivity contribution >= 4 is 29.7 Å². The predicted molar refractivity (Wildman–Crippen MR) is 111 cm³/mol. The van der Waals surface area contributed by atoms with Gasteiger partial charge in [-0.1, -0.05) is 34.1 Å². The van der Waals surface area contributed by atoms with Crippen LogP contribution >= 0.6 is 0 Å². The molecule has 5 unspecified atom stereocenters. The molecule has 0 saturated carbocycles. The number of hydrogen-bond acceptors (Lipinski definition) is 6. The van der Waals surface area contributed by atoms with Crippen molar-refractivity contribution < 1.29 is 34.2 Å². The zero-order valence-electron chi connectivity index (χ0n) is 18.5. The van der Waals surface area contributed by atoms with Gasteiger partial charge in [0.05, 0.1) is 12.5 Å². The number of likely N-dealkylation sites (tertiary alicyclic amines) is 1. The van der Waals surface area contributed by atoms with E-state index in [-0.39, 0.29) is 24.8 Å². The van der Waals surface area contributed by atoms with Crippen LogP contribution in [0.1, 0.15) is 53.4 Å². The lowest BCUT2D eigenvalue weighted by atomic mass is 9.96. The molecule has 6 N–H and O–H groups in total. The van der Waals surface area contributed by atoms with Crippen LogP contribution in [0.25, 0.3) is 0 Å². The van der Waals surface area contributed by atoms with Crippen molar-refractivity contribution in [1.29, 1.82) is 0 Å². The van der Waals surface area contributed by atoms with E-state index in [2.05, 4.69) is 10.6 Å². The molecule has 0 bridgehead atoms. The second kappa shape index (κ2) is 11.6. The van der Waals surface area contributed by atoms with Crippen LogP contribution in [-0.4, -0.2) is 75.5 Å². The monoisotopic (exact) mass is 442 g/mol. The number of nitrogens with one attached hydrogen (secondary N) is 2. The van der Waals surface area contributed by atoms with Crippen molar-refractivity contribution in [1.82, 2.24) is 15.5 Å². The van der Waals surface area contributed by atoms with Gasteiger partial charge in [-0.2, -0.15) is 0 Å². The fourth-order valence-corrected chi connectivity index (χ4v) is 3.38. The average Bonchev–Trinajstić information content (AvgIpc) is 3.19. The highest BCUT2D eigenvalue weighted by atomic mass is 16.4. The van der Waals surface area contributed by atoms with Gasteiger partial charge >= 0.3 is 11.9 Å². The van der Waals surface area contributed by atoms with Gasteiger partial charge in [-0.25, -0.2) is 4.79 Å². The molecular weight excluding hydrogens is 408 g/mol. The van der Waals surface area contributed by atoms with Crippen LogP contribution in [0.15, 0.2) is 0 Å². The number of amides is 3. The van der Waals surface area contributed by atoms with Crippen LogP contribution in [0.3, 0.4) is 0 Å². The molecular formula is C20H34N4O7. The summed E-state index contributed by atoms with van der Waals surface area (Å²) in [6.07, 6.45) is 0.544. The lowest BCUT2D eigenvalue weighted by molar-refractivity contribution is -0.150. The Balaban J connectivity index is 3.05. The molecule has 11 heteroatoms. The first-order valence-corrected chi connectivity index (χ1v) is 10.5. The Kier molecular flexibility index (Phi) is 9.89. The van der Waals surface area contributed by atoms with Gasteiger partial charge < -0.3 is 31.5 Å². The van der Waals surface area contributed by atoms with E-state index in [0.717, 1.165) is 4.90 Å². The van der Waals surface area contributed by atoms with Crippen molar-refractivity contribution in [3.8, 4) is 0 Å². The predicted octanol–water partition coefficient (Wildman–Crippen LogP) is -0.464. The van der Waals surface area contributed by atoms with Gasteiger partial charge in [0, 0.05) is 6.54 Å². The number of rotatable bonds is 11. The van der Waals surface area contributed by atoms with Crippen molar-refractivity contribution in [2.75, 3.05) is 6.54 Å². The lowest BCUT2D eigenvalue weighted by Crippen LogP contribution is -2.59. The van der Waals surface area contributed by atoms with E-state index < -0.39 is 60.2 Å². The summed E-state index contributed by atoms with van der Waals surface area (Å²) in [7, 11) is 0. The first-order chi connectivity index (χ1) is 14.4. The van der Waals surface area contributed by atoms with Crippen LogP contribution in [0.2, 0.25) is 0 Å². The Morgan fingerprint density at radius 2 is 1.68 bits per heavy atom. The summed E-state index contributed by atoms with van der Waals surface area (Å²) in [5, 5.41) is 23.5. The van der Waals surface area contributed by atoms with E-state index in [1.807, 2.05) is 6.92 Å². The first-order valence-electron chi connectivity index (χ1n) is 10.5. The number of carbonyl (C=O) groups is 5. The Morgan fingerprint density at radius 3 is 2.16 bits per heavy atom. The zero-order chi connectivity index (χ0) is 23.9. The van der Waals surface area contributed by atoms with Gasteiger partial charge in [0.25, 0.3) is 0 Å². The van der Waals surface area contributed by atoms with E-state index in [4.69, 9.17) is 5.73 Å². The number of carboxylic acid groups (broad SMARTS) is 2. The topological polar surface area (TPSA) is 179 Å². The second-order valence-corrected chi connectivity index (χ2v) is 8.33. The highest BCUT2D eigenvalue weighted by Crippen LogP contribution is 2.19. The molecule has 5 atom stereocenters. The van der Waals surface area contributed by atoms with Crippen molar-refractivity contribution in [3.05, 3.63) is 0 Å². The van der Waals surface area contributed by atoms with Gasteiger partial charge in [0.2, 0.25) is 17.7 Å². The molecule has 1 aliphatic rings. The average molecular weight is 443 g/mol. The van der Waals surface area contributed by atoms with Crippen LogP contribution in [0.4, 0.5) is 0 Å². The van der Waals surface area contributed by atoms with E-state index in [1.54, 1.807) is 20.8 Å². The Morgan fingerprint density at radius 1 is 1.06 bits per heavy atom. The number of aliphatic carboxylic acids is 2. The highest BCUT2D eigenvalue weighted by Gasteiger charge is 2.39. The third kappa shape index (κ3) is 7.20. The number of nitrogens with zero attached hydrogens (tertiary/aromatic N) is 1. The largest absolute Gasteiger partial charge is 0.481 e. The highest BCUT2D eigenvalue weighted by molar-refractivity contribution is 5.96. The van der Waals surface area contributed by atoms with Crippen molar-refractivity contribution in [3.63, 3.8) is 0 Å². The van der Waals surface area contributed by atoms with Gasteiger partial charge in [0.1, 0.15) is 18.1 Å². The number of carboxylic acids is 2. The van der Waals surface area contributed by atoms with Crippen molar-refractivity contribution in [2.45, 2.75) is 77.5 Å². The molecule has 1 heterocycles. The molecule has 176 valence electrons. The molecule has 1 saturated heterocycles. The maximum Gasteiger partial charge on any atom is 0.326 e. The Bertz CT molecular complexity index is 697. The van der Waals surface area contributed by atoms with Crippen molar-refractivity contribution in [2.24, 2.45) is 17.6 Å². The molecule has 31 heavy (non-hydrogen) atoms. The molecule has 3 amide bonds. The molecule has 11 nitrogen and oxygen atoms in total. The standard InChI is InChI=1S/C20H34N4O7/c1-5-11(4)16(23-17(27)15(21)10(2)3)18(28)22-12(9-14(25)26)19(29)24-8-6-7-13(24)20(30)31/h10-13,15-16H,5-9,21H2,1-4H3,(H,22,28)(H,23,27)(H,25,26)(H,30,31). The van der Waals surface area contributed by atoms with Crippen LogP contribution < -0.4 is 16.4 Å². The lowest BCUT2D eigenvalue weighted by Gasteiger charge is -2.30. The summed E-state index contributed by atoms with van der Waals surface area (Å²) < 4.78 is 0. The molecule has 0 spiro atoms. The number of hydrogen-bond donors (Lipinski definition) is 5. The fraction of sp³-hybridized carbons (Fsp3) is 0.750. The Hall–Kier alpha value is -2.69. The summed E-state index contributed by atoms with van der Waals surface area (Å²) in [5.41, 5.74) is 5.85. The minimum Gasteiger partial charge on any atom is -0.481 e. The van der Waals surface area contributed by atoms with E-state index >= 15 is 0 Å². The number of nitrogens with two attached hydrogens (primary N) is 1. The van der Waals surface area contributed by atoms with E-state index in [0.29, 0.717) is 12.8 Å². The first kappa shape index (κ1) is 26.3. The van der Waals surface area contributed by atoms with Gasteiger partial charge in [-0.15, -0.1) is 0 Å². The molecule has 0 aromatic rings. The normalized spacial score (nSPS) is 19.9. The summed E-state index contributed by atoms with van der Waals surface area (Å²) in [6.45, 7) is 7.25. The quantitative estimate of drug-likeness (QED) is 0.285. The van der Waals surface area contributed by atoms with Gasteiger partial charge in [-0.05, 0) is 24.7 Å². The molecule has 0 aromatic heterocycles. The molecule has 1 rings (SSSR count). The van der Waals surface area contributed by atoms with Gasteiger partial charge in [-0.3, -0.25) is 19.2 Å². The smallest absolute Gasteiger partial charge is 0.326 e. The zero-order valence-corrected chi connectivity index (χ0v) is 18.5. The summed E-state index contributed by atoms with van der Waals surface area (Å²) in [6, 6.07) is -4.38. The van der Waals surface area contributed by atoms with Crippen LogP contribution in [0, 0.1) is 11.8 Å². The summed E-state index contributed by atoms with van der Waals surface area (Å²) in [5.74, 6) is -5.00. The molecule has 0 radical (unpaired) electrons. The number of carbonyl (C=O) groups excluding carboxylic acids is 3. The third-order valence-electron chi connectivity index (χ3n) is 5.63.